The van der Waals surface area contributed by atoms with Gasteiger partial charge in [0.2, 0.25) is 0 Å². The third-order valence-corrected chi connectivity index (χ3v) is 2.90. The summed E-state index contributed by atoms with van der Waals surface area (Å²) in [6, 6.07) is 0. The lowest BCUT2D eigenvalue weighted by Crippen LogP contribution is -1.88. The quantitative estimate of drug-likeness (QED) is 0.560. The molecule has 11 heavy (non-hydrogen) atoms. The van der Waals surface area contributed by atoms with E-state index in [0.29, 0.717) is 18.4 Å². The highest BCUT2D eigenvalue weighted by atomic mass is 16.3. The lowest BCUT2D eigenvalue weighted by Gasteiger charge is -1.97. The van der Waals surface area contributed by atoms with Gasteiger partial charge in [-0.05, 0) is 18.8 Å². The highest BCUT2D eigenvalue weighted by Gasteiger charge is 2.47. The summed E-state index contributed by atoms with van der Waals surface area (Å²) in [6.07, 6.45) is 4.94. The minimum absolute atomic E-state index is 0.351. The average Bonchev–Trinajstić information content (AvgIpc) is 2.60. The van der Waals surface area contributed by atoms with Gasteiger partial charge in [0.1, 0.15) is 0 Å². The summed E-state index contributed by atoms with van der Waals surface area (Å²) in [4.78, 5) is 0. The molecule has 3 atom stereocenters. The Bertz CT molecular complexity index is 199. The van der Waals surface area contributed by atoms with Crippen LogP contribution in [0, 0.1) is 29.6 Å². The third-order valence-electron chi connectivity index (χ3n) is 2.90. The zero-order valence-electron chi connectivity index (χ0n) is 6.71. The van der Waals surface area contributed by atoms with Crippen LogP contribution in [0.5, 0.6) is 0 Å². The molecule has 2 rings (SSSR count). The van der Waals surface area contributed by atoms with E-state index in [2.05, 4.69) is 11.8 Å². The summed E-state index contributed by atoms with van der Waals surface area (Å²) < 4.78 is 0. The second kappa shape index (κ2) is 2.87. The molecule has 0 amide bonds. The number of rotatable bonds is 1. The Morgan fingerprint density at radius 3 is 3.09 bits per heavy atom. The molecule has 1 nitrogen and oxygen atoms in total. The van der Waals surface area contributed by atoms with Gasteiger partial charge in [0.25, 0.3) is 0 Å². The zero-order valence-corrected chi connectivity index (χ0v) is 6.71. The maximum absolute atomic E-state index is 8.95. The topological polar surface area (TPSA) is 20.2 Å². The van der Waals surface area contributed by atoms with Gasteiger partial charge in [-0.3, -0.25) is 0 Å². The maximum Gasteiger partial charge on any atom is 0.0474 e. The molecule has 3 unspecified atom stereocenters. The van der Waals surface area contributed by atoms with Gasteiger partial charge in [0.05, 0.1) is 0 Å². The number of hydrogen-bond donors (Lipinski definition) is 1. The number of fused-ring (bicyclic) bond motifs is 1. The highest BCUT2D eigenvalue weighted by molar-refractivity contribution is 5.17. The molecule has 60 valence electrons. The van der Waals surface area contributed by atoms with Crippen LogP contribution in [0.1, 0.15) is 25.7 Å². The number of aliphatic hydroxyl groups excluding tert-OH is 1. The minimum Gasteiger partial charge on any atom is -0.396 e. The van der Waals surface area contributed by atoms with E-state index in [4.69, 9.17) is 5.11 Å². The third kappa shape index (κ3) is 1.28. The van der Waals surface area contributed by atoms with Crippen molar-refractivity contribution in [1.29, 1.82) is 0 Å². The fraction of sp³-hybridized carbons (Fsp3) is 0.800. The standard InChI is InChI=1S/C10H14O/c11-7-10-8-5-3-1-2-4-6-9(8)10/h8-11H,1-3,5,7H2. The second-order valence-corrected chi connectivity index (χ2v) is 3.60. The van der Waals surface area contributed by atoms with Crippen molar-refractivity contribution >= 4 is 0 Å². The van der Waals surface area contributed by atoms with Crippen LogP contribution in [0.3, 0.4) is 0 Å². The largest absolute Gasteiger partial charge is 0.396 e. The fourth-order valence-corrected chi connectivity index (χ4v) is 2.09. The zero-order chi connectivity index (χ0) is 7.68. The van der Waals surface area contributed by atoms with Gasteiger partial charge in [-0.2, -0.15) is 0 Å². The second-order valence-electron chi connectivity index (χ2n) is 3.60. The Morgan fingerprint density at radius 1 is 1.36 bits per heavy atom. The van der Waals surface area contributed by atoms with Crippen LogP contribution < -0.4 is 0 Å². The maximum atomic E-state index is 8.95. The Hall–Kier alpha value is -0.480. The predicted octanol–water partition coefficient (Wildman–Crippen LogP) is 1.42. The number of hydrogen-bond acceptors (Lipinski definition) is 1. The molecular weight excluding hydrogens is 136 g/mol. The van der Waals surface area contributed by atoms with Crippen LogP contribution >= 0.6 is 0 Å². The van der Waals surface area contributed by atoms with Crippen LogP contribution in [0.4, 0.5) is 0 Å². The van der Waals surface area contributed by atoms with Crippen LogP contribution in [-0.4, -0.2) is 11.7 Å². The van der Waals surface area contributed by atoms with Gasteiger partial charge in [0, 0.05) is 24.9 Å². The summed E-state index contributed by atoms with van der Waals surface area (Å²) >= 11 is 0. The van der Waals surface area contributed by atoms with Gasteiger partial charge in [-0.15, -0.1) is 5.92 Å². The Kier molecular flexibility index (Phi) is 1.87. The van der Waals surface area contributed by atoms with Gasteiger partial charge in [0.15, 0.2) is 0 Å². The van der Waals surface area contributed by atoms with Crippen molar-refractivity contribution in [3.63, 3.8) is 0 Å². The van der Waals surface area contributed by atoms with Gasteiger partial charge >= 0.3 is 0 Å². The van der Waals surface area contributed by atoms with Crippen molar-refractivity contribution in [2.45, 2.75) is 25.7 Å². The molecule has 0 aromatic heterocycles. The van der Waals surface area contributed by atoms with E-state index in [1.165, 1.54) is 19.3 Å². The average molecular weight is 150 g/mol. The Morgan fingerprint density at radius 2 is 2.27 bits per heavy atom. The summed E-state index contributed by atoms with van der Waals surface area (Å²) in [5.74, 6) is 8.26. The van der Waals surface area contributed by atoms with Crippen LogP contribution in [0.2, 0.25) is 0 Å². The van der Waals surface area contributed by atoms with Crippen molar-refractivity contribution in [1.82, 2.24) is 0 Å². The minimum atomic E-state index is 0.351. The molecule has 0 aromatic carbocycles. The molecule has 0 radical (unpaired) electrons. The first-order valence-corrected chi connectivity index (χ1v) is 4.52. The lowest BCUT2D eigenvalue weighted by atomic mass is 10.1. The van der Waals surface area contributed by atoms with E-state index >= 15 is 0 Å². The molecule has 0 aliphatic heterocycles. The van der Waals surface area contributed by atoms with Crippen LogP contribution in [-0.2, 0) is 0 Å². The normalized spacial score (nSPS) is 41.0. The van der Waals surface area contributed by atoms with Gasteiger partial charge in [-0.25, -0.2) is 0 Å². The summed E-state index contributed by atoms with van der Waals surface area (Å²) in [5, 5.41) is 8.95. The van der Waals surface area contributed by atoms with Crippen molar-refractivity contribution < 1.29 is 5.11 Å². The van der Waals surface area contributed by atoms with Crippen molar-refractivity contribution in [3.8, 4) is 11.8 Å². The predicted molar refractivity (Wildman–Crippen MR) is 43.8 cm³/mol. The van der Waals surface area contributed by atoms with E-state index in [1.807, 2.05) is 0 Å². The first-order valence-electron chi connectivity index (χ1n) is 4.52. The first-order chi connectivity index (χ1) is 5.43. The Balaban J connectivity index is 2.00. The van der Waals surface area contributed by atoms with Crippen molar-refractivity contribution in [2.24, 2.45) is 17.8 Å². The molecule has 2 aliphatic carbocycles. The molecule has 1 fully saturated rings. The summed E-state index contributed by atoms with van der Waals surface area (Å²) in [5.41, 5.74) is 0. The molecule has 1 heteroatoms. The molecule has 1 N–H and O–H groups in total. The van der Waals surface area contributed by atoms with E-state index in [-0.39, 0.29) is 0 Å². The molecule has 0 heterocycles. The molecule has 0 saturated heterocycles. The lowest BCUT2D eigenvalue weighted by molar-refractivity contribution is 0.265. The molecule has 1 saturated carbocycles. The smallest absolute Gasteiger partial charge is 0.0474 e. The fourth-order valence-electron chi connectivity index (χ4n) is 2.09. The van der Waals surface area contributed by atoms with Crippen molar-refractivity contribution in [3.05, 3.63) is 0 Å². The SMILES string of the molecule is OCC1C2C#CCCCCC21. The first kappa shape index (κ1) is 7.18. The van der Waals surface area contributed by atoms with E-state index in [9.17, 15) is 0 Å². The van der Waals surface area contributed by atoms with Crippen molar-refractivity contribution in [2.75, 3.05) is 6.61 Å². The monoisotopic (exact) mass is 150 g/mol. The van der Waals surface area contributed by atoms with Gasteiger partial charge < -0.3 is 5.11 Å². The van der Waals surface area contributed by atoms with E-state index < -0.39 is 0 Å². The summed E-state index contributed by atoms with van der Waals surface area (Å²) in [7, 11) is 0. The Labute approximate surface area is 67.8 Å². The van der Waals surface area contributed by atoms with Crippen LogP contribution in [0.25, 0.3) is 0 Å². The number of aliphatic hydroxyl groups is 1. The highest BCUT2D eigenvalue weighted by Crippen LogP contribution is 2.49. The molecule has 0 aromatic rings. The van der Waals surface area contributed by atoms with Crippen LogP contribution in [0.15, 0.2) is 0 Å². The summed E-state index contributed by atoms with van der Waals surface area (Å²) in [6.45, 7) is 0.351. The molecule has 0 spiro atoms. The van der Waals surface area contributed by atoms with E-state index in [1.54, 1.807) is 0 Å². The van der Waals surface area contributed by atoms with Gasteiger partial charge in [-0.1, -0.05) is 12.3 Å². The molecular formula is C10H14O. The molecule has 0 bridgehead atoms. The molecule has 2 aliphatic rings. The van der Waals surface area contributed by atoms with E-state index in [0.717, 1.165) is 12.3 Å².